The van der Waals surface area contributed by atoms with Crippen molar-refractivity contribution in [2.75, 3.05) is 0 Å². The number of aliphatic carboxylic acids is 1. The molecule has 1 aromatic carbocycles. The molecule has 102 valence electrons. The molecule has 0 aliphatic rings. The van der Waals surface area contributed by atoms with E-state index in [1.54, 1.807) is 0 Å². The van der Waals surface area contributed by atoms with Gasteiger partial charge in [-0.05, 0) is 18.6 Å². The summed E-state index contributed by atoms with van der Waals surface area (Å²) in [5.74, 6) is 0.586. The highest BCUT2D eigenvalue weighted by Gasteiger charge is 2.16. The lowest BCUT2D eigenvalue weighted by atomic mass is 10.1. The summed E-state index contributed by atoms with van der Waals surface area (Å²) < 4.78 is 2.06. The predicted octanol–water partition coefficient (Wildman–Crippen LogP) is 3.41. The van der Waals surface area contributed by atoms with E-state index < -0.39 is 5.97 Å². The minimum absolute atomic E-state index is 0.131. The Kier molecular flexibility index (Phi) is 4.20. The molecule has 0 amide bonds. The van der Waals surface area contributed by atoms with Gasteiger partial charge in [0.25, 0.3) is 0 Å². The maximum absolute atomic E-state index is 10.8. The molecule has 1 heterocycles. The Labute approximate surface area is 113 Å². The van der Waals surface area contributed by atoms with Crippen LogP contribution in [0, 0.1) is 0 Å². The Hall–Kier alpha value is -1.84. The summed E-state index contributed by atoms with van der Waals surface area (Å²) in [6, 6.07) is 7.92. The van der Waals surface area contributed by atoms with E-state index in [-0.39, 0.29) is 6.42 Å². The molecular formula is C15H20N2O2. The summed E-state index contributed by atoms with van der Waals surface area (Å²) in [5.41, 5.74) is 1.98. The van der Waals surface area contributed by atoms with Crippen LogP contribution >= 0.6 is 0 Å². The van der Waals surface area contributed by atoms with Crippen molar-refractivity contribution >= 4 is 17.0 Å². The number of para-hydroxylation sites is 2. The molecule has 0 bridgehead atoms. The van der Waals surface area contributed by atoms with Crippen LogP contribution in [0.3, 0.4) is 0 Å². The molecule has 2 aromatic rings. The second kappa shape index (κ2) is 5.87. The number of carboxylic acid groups (broad SMARTS) is 1. The lowest BCUT2D eigenvalue weighted by molar-refractivity contribution is -0.137. The summed E-state index contributed by atoms with van der Waals surface area (Å²) in [6.45, 7) is 4.79. The normalized spacial score (nSPS) is 12.7. The molecule has 0 fully saturated rings. The monoisotopic (exact) mass is 260 g/mol. The second-order valence-electron chi connectivity index (χ2n) is 4.94. The van der Waals surface area contributed by atoms with Crippen molar-refractivity contribution in [3.63, 3.8) is 0 Å². The van der Waals surface area contributed by atoms with Gasteiger partial charge in [-0.2, -0.15) is 0 Å². The molecule has 4 heteroatoms. The number of fused-ring (bicyclic) bond motifs is 1. The fraction of sp³-hybridized carbons (Fsp3) is 0.467. The van der Waals surface area contributed by atoms with Crippen LogP contribution in [0.1, 0.15) is 44.9 Å². The fourth-order valence-electron chi connectivity index (χ4n) is 2.47. The Morgan fingerprint density at radius 2 is 2.16 bits per heavy atom. The molecule has 1 atom stereocenters. The first-order valence-electron chi connectivity index (χ1n) is 6.80. The first kappa shape index (κ1) is 13.6. The SMILES string of the molecule is CCCC(C)c1nc2ccccc2n1CCC(=O)O. The first-order valence-corrected chi connectivity index (χ1v) is 6.80. The van der Waals surface area contributed by atoms with Crippen molar-refractivity contribution in [2.24, 2.45) is 0 Å². The average Bonchev–Trinajstić information content (AvgIpc) is 2.75. The van der Waals surface area contributed by atoms with Crippen LogP contribution in [0.4, 0.5) is 0 Å². The minimum Gasteiger partial charge on any atom is -0.481 e. The molecule has 0 spiro atoms. The van der Waals surface area contributed by atoms with Gasteiger partial charge in [-0.1, -0.05) is 32.4 Å². The molecule has 1 aromatic heterocycles. The topological polar surface area (TPSA) is 55.1 Å². The van der Waals surface area contributed by atoms with Crippen LogP contribution in [0.2, 0.25) is 0 Å². The van der Waals surface area contributed by atoms with E-state index in [1.807, 2.05) is 24.3 Å². The molecule has 19 heavy (non-hydrogen) atoms. The van der Waals surface area contributed by atoms with E-state index in [4.69, 9.17) is 5.11 Å². The van der Waals surface area contributed by atoms with Gasteiger partial charge in [-0.25, -0.2) is 4.98 Å². The molecule has 0 radical (unpaired) electrons. The number of aromatic nitrogens is 2. The third-order valence-electron chi connectivity index (χ3n) is 3.40. The predicted molar refractivity (Wildman–Crippen MR) is 75.3 cm³/mol. The zero-order valence-corrected chi connectivity index (χ0v) is 11.5. The Bertz CT molecular complexity index is 575. The van der Waals surface area contributed by atoms with E-state index in [9.17, 15) is 4.79 Å². The van der Waals surface area contributed by atoms with Gasteiger partial charge in [0.15, 0.2) is 0 Å². The summed E-state index contributed by atoms with van der Waals surface area (Å²) in [7, 11) is 0. The zero-order valence-electron chi connectivity index (χ0n) is 11.5. The summed E-state index contributed by atoms with van der Waals surface area (Å²) in [6.07, 6.45) is 2.30. The number of carboxylic acids is 1. The van der Waals surface area contributed by atoms with Crippen molar-refractivity contribution in [1.29, 1.82) is 0 Å². The first-order chi connectivity index (χ1) is 9.13. The van der Waals surface area contributed by atoms with E-state index >= 15 is 0 Å². The van der Waals surface area contributed by atoms with Gasteiger partial charge in [0.2, 0.25) is 0 Å². The van der Waals surface area contributed by atoms with Crippen molar-refractivity contribution < 1.29 is 9.90 Å². The highest BCUT2D eigenvalue weighted by molar-refractivity contribution is 5.76. The maximum atomic E-state index is 10.8. The van der Waals surface area contributed by atoms with Crippen LogP contribution in [0.15, 0.2) is 24.3 Å². The average molecular weight is 260 g/mol. The zero-order chi connectivity index (χ0) is 13.8. The number of hydrogen-bond donors (Lipinski definition) is 1. The number of hydrogen-bond acceptors (Lipinski definition) is 2. The van der Waals surface area contributed by atoms with Crippen LogP contribution in [0.25, 0.3) is 11.0 Å². The number of benzene rings is 1. The standard InChI is InChI=1S/C15H20N2O2/c1-3-6-11(2)15-16-12-7-4-5-8-13(12)17(15)10-9-14(18)19/h4-5,7-8,11H,3,6,9-10H2,1-2H3,(H,18,19). The molecule has 0 saturated heterocycles. The fourth-order valence-corrected chi connectivity index (χ4v) is 2.47. The molecule has 0 aliphatic carbocycles. The van der Waals surface area contributed by atoms with Crippen molar-refractivity contribution in [3.8, 4) is 0 Å². The molecule has 1 unspecified atom stereocenters. The Morgan fingerprint density at radius 1 is 1.42 bits per heavy atom. The number of rotatable bonds is 6. The quantitative estimate of drug-likeness (QED) is 0.865. The van der Waals surface area contributed by atoms with Gasteiger partial charge in [0.05, 0.1) is 17.5 Å². The van der Waals surface area contributed by atoms with Crippen LogP contribution in [-0.4, -0.2) is 20.6 Å². The van der Waals surface area contributed by atoms with Gasteiger partial charge in [0.1, 0.15) is 5.82 Å². The van der Waals surface area contributed by atoms with Gasteiger partial charge in [0, 0.05) is 12.5 Å². The third kappa shape index (κ3) is 2.95. The van der Waals surface area contributed by atoms with E-state index in [1.165, 1.54) is 0 Å². The lowest BCUT2D eigenvalue weighted by Crippen LogP contribution is -2.10. The minimum atomic E-state index is -0.771. The van der Waals surface area contributed by atoms with Gasteiger partial charge in [-0.15, -0.1) is 0 Å². The van der Waals surface area contributed by atoms with Crippen molar-refractivity contribution in [2.45, 2.75) is 45.6 Å². The van der Waals surface area contributed by atoms with Crippen LogP contribution in [0.5, 0.6) is 0 Å². The Morgan fingerprint density at radius 3 is 2.84 bits per heavy atom. The van der Waals surface area contributed by atoms with Crippen LogP contribution in [-0.2, 0) is 11.3 Å². The number of nitrogens with zero attached hydrogens (tertiary/aromatic N) is 2. The Balaban J connectivity index is 2.42. The van der Waals surface area contributed by atoms with Crippen molar-refractivity contribution in [1.82, 2.24) is 9.55 Å². The number of carbonyl (C=O) groups is 1. The maximum Gasteiger partial charge on any atom is 0.305 e. The van der Waals surface area contributed by atoms with Crippen LogP contribution < -0.4 is 0 Å². The lowest BCUT2D eigenvalue weighted by Gasteiger charge is -2.13. The summed E-state index contributed by atoms with van der Waals surface area (Å²) in [4.78, 5) is 15.5. The van der Waals surface area contributed by atoms with Gasteiger partial charge in [-0.3, -0.25) is 4.79 Å². The third-order valence-corrected chi connectivity index (χ3v) is 3.40. The summed E-state index contributed by atoms with van der Waals surface area (Å²) >= 11 is 0. The van der Waals surface area contributed by atoms with E-state index in [0.717, 1.165) is 29.7 Å². The smallest absolute Gasteiger partial charge is 0.305 e. The molecule has 4 nitrogen and oxygen atoms in total. The van der Waals surface area contributed by atoms with Crippen molar-refractivity contribution in [3.05, 3.63) is 30.1 Å². The molecular weight excluding hydrogens is 240 g/mol. The molecule has 0 aliphatic heterocycles. The highest BCUT2D eigenvalue weighted by atomic mass is 16.4. The second-order valence-corrected chi connectivity index (χ2v) is 4.94. The number of imidazole rings is 1. The van der Waals surface area contributed by atoms with Gasteiger partial charge < -0.3 is 9.67 Å². The van der Waals surface area contributed by atoms with E-state index in [0.29, 0.717) is 12.5 Å². The highest BCUT2D eigenvalue weighted by Crippen LogP contribution is 2.25. The number of aryl methyl sites for hydroxylation is 1. The molecule has 0 saturated carbocycles. The van der Waals surface area contributed by atoms with Gasteiger partial charge >= 0.3 is 5.97 Å². The molecule has 2 rings (SSSR count). The molecule has 1 N–H and O–H groups in total. The largest absolute Gasteiger partial charge is 0.481 e. The van der Waals surface area contributed by atoms with E-state index in [2.05, 4.69) is 23.4 Å². The summed E-state index contributed by atoms with van der Waals surface area (Å²) in [5, 5.41) is 8.88.